The Morgan fingerprint density at radius 2 is 1.92 bits per heavy atom. The SMILES string of the molecule is CCC(Nc1ccc(Br)cc1)C(=O)NN=Cc1ccc(OC)cc1OC. The van der Waals surface area contributed by atoms with Crippen LogP contribution in [0.2, 0.25) is 0 Å². The van der Waals surface area contributed by atoms with Crippen molar-refractivity contribution in [2.45, 2.75) is 19.4 Å². The largest absolute Gasteiger partial charge is 0.497 e. The highest BCUT2D eigenvalue weighted by Gasteiger charge is 2.15. The molecule has 2 aromatic carbocycles. The Labute approximate surface area is 161 Å². The number of nitrogens with zero attached hydrogens (tertiary/aromatic N) is 1. The topological polar surface area (TPSA) is 72.0 Å². The van der Waals surface area contributed by atoms with Crippen LogP contribution in [0.4, 0.5) is 5.69 Å². The lowest BCUT2D eigenvalue weighted by Crippen LogP contribution is -2.36. The zero-order valence-corrected chi connectivity index (χ0v) is 16.5. The van der Waals surface area contributed by atoms with Gasteiger partial charge in [-0.1, -0.05) is 22.9 Å². The van der Waals surface area contributed by atoms with Gasteiger partial charge in [-0.25, -0.2) is 5.43 Å². The molecule has 6 nitrogen and oxygen atoms in total. The number of rotatable bonds is 8. The van der Waals surface area contributed by atoms with Crippen LogP contribution in [0.3, 0.4) is 0 Å². The van der Waals surface area contributed by atoms with Gasteiger partial charge in [-0.05, 0) is 42.8 Å². The predicted octanol–water partition coefficient (Wildman–Crippen LogP) is 3.81. The summed E-state index contributed by atoms with van der Waals surface area (Å²) in [7, 11) is 3.16. The van der Waals surface area contributed by atoms with E-state index in [1.807, 2.05) is 37.3 Å². The molecule has 2 N–H and O–H groups in total. The molecule has 1 atom stereocenters. The average molecular weight is 420 g/mol. The number of benzene rings is 2. The summed E-state index contributed by atoms with van der Waals surface area (Å²) in [5.41, 5.74) is 4.18. The zero-order chi connectivity index (χ0) is 18.9. The Kier molecular flexibility index (Phi) is 7.47. The van der Waals surface area contributed by atoms with Crippen molar-refractivity contribution in [3.05, 3.63) is 52.5 Å². The molecule has 0 aliphatic carbocycles. The number of carbonyl (C=O) groups excluding carboxylic acids is 1. The fourth-order valence-electron chi connectivity index (χ4n) is 2.27. The van der Waals surface area contributed by atoms with Gasteiger partial charge in [0.05, 0.1) is 20.4 Å². The number of methoxy groups -OCH3 is 2. The molecule has 0 spiro atoms. The molecule has 0 saturated carbocycles. The molecule has 0 fully saturated rings. The number of hydrazone groups is 1. The van der Waals surface area contributed by atoms with Crippen LogP contribution >= 0.6 is 15.9 Å². The van der Waals surface area contributed by atoms with E-state index in [0.717, 1.165) is 15.7 Å². The van der Waals surface area contributed by atoms with Gasteiger partial charge < -0.3 is 14.8 Å². The van der Waals surface area contributed by atoms with E-state index in [4.69, 9.17) is 9.47 Å². The molecule has 0 aliphatic rings. The van der Waals surface area contributed by atoms with Gasteiger partial charge in [-0.15, -0.1) is 0 Å². The maximum absolute atomic E-state index is 12.3. The van der Waals surface area contributed by atoms with Gasteiger partial charge in [0.15, 0.2) is 0 Å². The summed E-state index contributed by atoms with van der Waals surface area (Å²) in [4.78, 5) is 12.3. The molecule has 138 valence electrons. The summed E-state index contributed by atoms with van der Waals surface area (Å²) in [5.74, 6) is 1.09. The second-order valence-electron chi connectivity index (χ2n) is 5.45. The number of amides is 1. The minimum atomic E-state index is -0.383. The van der Waals surface area contributed by atoms with Gasteiger partial charge in [0.1, 0.15) is 17.5 Å². The normalized spacial score (nSPS) is 11.8. The van der Waals surface area contributed by atoms with E-state index < -0.39 is 0 Å². The van der Waals surface area contributed by atoms with Crippen molar-refractivity contribution in [3.63, 3.8) is 0 Å². The van der Waals surface area contributed by atoms with Crippen LogP contribution in [0.5, 0.6) is 11.5 Å². The van der Waals surface area contributed by atoms with Gasteiger partial charge in [0.2, 0.25) is 0 Å². The second kappa shape index (κ2) is 9.82. The first kappa shape index (κ1) is 19.8. The molecule has 7 heteroatoms. The number of halogens is 1. The van der Waals surface area contributed by atoms with E-state index in [2.05, 4.69) is 31.8 Å². The van der Waals surface area contributed by atoms with E-state index in [0.29, 0.717) is 17.9 Å². The maximum atomic E-state index is 12.3. The monoisotopic (exact) mass is 419 g/mol. The third kappa shape index (κ3) is 5.49. The lowest BCUT2D eigenvalue weighted by atomic mass is 10.2. The molecule has 0 saturated heterocycles. The van der Waals surface area contributed by atoms with Crippen LogP contribution in [0.15, 0.2) is 52.0 Å². The standard InChI is InChI=1S/C19H22BrN3O3/c1-4-17(22-15-8-6-14(20)7-9-15)19(24)23-21-12-13-5-10-16(25-2)11-18(13)26-3/h5-12,17,22H,4H2,1-3H3,(H,23,24). The van der Waals surface area contributed by atoms with E-state index in [9.17, 15) is 4.79 Å². The quantitative estimate of drug-likeness (QED) is 0.503. The van der Waals surface area contributed by atoms with Crippen molar-refractivity contribution in [3.8, 4) is 11.5 Å². The van der Waals surface area contributed by atoms with Crippen LogP contribution in [0.25, 0.3) is 0 Å². The number of carbonyl (C=O) groups is 1. The van der Waals surface area contributed by atoms with Crippen molar-refractivity contribution in [1.82, 2.24) is 5.43 Å². The van der Waals surface area contributed by atoms with Crippen molar-refractivity contribution in [1.29, 1.82) is 0 Å². The van der Waals surface area contributed by atoms with Gasteiger partial charge in [-0.3, -0.25) is 4.79 Å². The molecule has 1 unspecified atom stereocenters. The first-order chi connectivity index (χ1) is 12.6. The van der Waals surface area contributed by atoms with E-state index in [-0.39, 0.29) is 11.9 Å². The summed E-state index contributed by atoms with van der Waals surface area (Å²) in [6, 6.07) is 12.6. The molecule has 0 heterocycles. The summed E-state index contributed by atoms with van der Waals surface area (Å²) in [5, 5.41) is 7.23. The van der Waals surface area contributed by atoms with Crippen LogP contribution in [-0.4, -0.2) is 32.4 Å². The number of anilines is 1. The minimum Gasteiger partial charge on any atom is -0.497 e. The van der Waals surface area contributed by atoms with Crippen LogP contribution in [-0.2, 0) is 4.79 Å². The van der Waals surface area contributed by atoms with Crippen LogP contribution in [0.1, 0.15) is 18.9 Å². The molecule has 2 aromatic rings. The molecular formula is C19H22BrN3O3. The van der Waals surface area contributed by atoms with Crippen LogP contribution in [0, 0.1) is 0 Å². The highest BCUT2D eigenvalue weighted by atomic mass is 79.9. The lowest BCUT2D eigenvalue weighted by Gasteiger charge is -2.16. The second-order valence-corrected chi connectivity index (χ2v) is 6.37. The molecule has 0 bridgehead atoms. The number of nitrogens with one attached hydrogen (secondary N) is 2. The summed E-state index contributed by atoms with van der Waals surface area (Å²) in [6.45, 7) is 1.94. The highest BCUT2D eigenvalue weighted by Crippen LogP contribution is 2.23. The Morgan fingerprint density at radius 3 is 2.54 bits per heavy atom. The van der Waals surface area contributed by atoms with E-state index in [1.165, 1.54) is 0 Å². The third-order valence-electron chi connectivity index (χ3n) is 3.73. The van der Waals surface area contributed by atoms with E-state index >= 15 is 0 Å². The average Bonchev–Trinajstić information content (AvgIpc) is 2.67. The predicted molar refractivity (Wildman–Crippen MR) is 107 cm³/mol. The zero-order valence-electron chi connectivity index (χ0n) is 15.0. The Hall–Kier alpha value is -2.54. The molecular weight excluding hydrogens is 398 g/mol. The molecule has 1 amide bonds. The van der Waals surface area contributed by atoms with Gasteiger partial charge in [0.25, 0.3) is 5.91 Å². The number of ether oxygens (including phenoxy) is 2. The van der Waals surface area contributed by atoms with Gasteiger partial charge in [0, 0.05) is 21.8 Å². The number of hydrogen-bond acceptors (Lipinski definition) is 5. The fourth-order valence-corrected chi connectivity index (χ4v) is 2.53. The smallest absolute Gasteiger partial charge is 0.262 e. The van der Waals surface area contributed by atoms with Crippen molar-refractivity contribution in [2.24, 2.45) is 5.10 Å². The van der Waals surface area contributed by atoms with Crippen molar-refractivity contribution in [2.75, 3.05) is 19.5 Å². The third-order valence-corrected chi connectivity index (χ3v) is 4.26. The van der Waals surface area contributed by atoms with Crippen LogP contribution < -0.4 is 20.2 Å². The molecule has 0 radical (unpaired) electrons. The van der Waals surface area contributed by atoms with Crippen molar-refractivity contribution < 1.29 is 14.3 Å². The fraction of sp³-hybridized carbons (Fsp3) is 0.263. The van der Waals surface area contributed by atoms with Crippen molar-refractivity contribution >= 4 is 33.7 Å². The lowest BCUT2D eigenvalue weighted by molar-refractivity contribution is -0.121. The number of hydrogen-bond donors (Lipinski definition) is 2. The Balaban J connectivity index is 1.99. The first-order valence-corrected chi connectivity index (χ1v) is 8.93. The Bertz CT molecular complexity index is 763. The van der Waals surface area contributed by atoms with Gasteiger partial charge >= 0.3 is 0 Å². The Morgan fingerprint density at radius 1 is 1.19 bits per heavy atom. The maximum Gasteiger partial charge on any atom is 0.262 e. The summed E-state index contributed by atoms with van der Waals surface area (Å²) < 4.78 is 11.4. The molecule has 0 aliphatic heterocycles. The summed E-state index contributed by atoms with van der Waals surface area (Å²) in [6.07, 6.45) is 2.17. The highest BCUT2D eigenvalue weighted by molar-refractivity contribution is 9.10. The first-order valence-electron chi connectivity index (χ1n) is 8.14. The molecule has 2 rings (SSSR count). The van der Waals surface area contributed by atoms with Gasteiger partial charge in [-0.2, -0.15) is 5.10 Å². The van der Waals surface area contributed by atoms with E-state index in [1.54, 1.807) is 32.6 Å². The minimum absolute atomic E-state index is 0.209. The molecule has 0 aromatic heterocycles. The summed E-state index contributed by atoms with van der Waals surface area (Å²) >= 11 is 3.39. The molecule has 26 heavy (non-hydrogen) atoms.